The first-order valence-electron chi connectivity index (χ1n) is 3.69. The van der Waals surface area contributed by atoms with Gasteiger partial charge in [0.2, 0.25) is 0 Å². The molecule has 1 aliphatic heterocycles. The molecule has 0 unspecified atom stereocenters. The van der Waals surface area contributed by atoms with Gasteiger partial charge < -0.3 is 0 Å². The first kappa shape index (κ1) is 6.46. The average molecular weight is 147 g/mol. The summed E-state index contributed by atoms with van der Waals surface area (Å²) in [6, 6.07) is 2.02. The predicted octanol–water partition coefficient (Wildman–Crippen LogP) is 0.760. The Labute approximate surface area is 65.2 Å². The van der Waals surface area contributed by atoms with Gasteiger partial charge in [-0.1, -0.05) is 0 Å². The van der Waals surface area contributed by atoms with E-state index in [0.717, 1.165) is 29.9 Å². The molecule has 0 spiro atoms. The molecule has 1 aromatic heterocycles. The van der Waals surface area contributed by atoms with E-state index in [1.807, 2.05) is 19.2 Å². The van der Waals surface area contributed by atoms with E-state index in [1.54, 1.807) is 0 Å². The van der Waals surface area contributed by atoms with Crippen LogP contribution in [-0.4, -0.2) is 23.0 Å². The number of rotatable bonds is 0. The maximum absolute atomic E-state index is 4.17. The van der Waals surface area contributed by atoms with E-state index in [2.05, 4.69) is 15.2 Å². The van der Waals surface area contributed by atoms with Gasteiger partial charge in [0, 0.05) is 24.7 Å². The highest BCUT2D eigenvalue weighted by atomic mass is 15.1. The standard InChI is InChI=1S/C8H9N3/c1-6-4-7-5-9-3-2-8(7)11-10-6/h4-5H,2-3H2,1H3. The van der Waals surface area contributed by atoms with Gasteiger partial charge >= 0.3 is 0 Å². The summed E-state index contributed by atoms with van der Waals surface area (Å²) in [5.74, 6) is 0. The second-order valence-electron chi connectivity index (χ2n) is 2.67. The molecule has 0 aliphatic carbocycles. The van der Waals surface area contributed by atoms with Gasteiger partial charge in [0.1, 0.15) is 0 Å². The van der Waals surface area contributed by atoms with E-state index >= 15 is 0 Å². The van der Waals surface area contributed by atoms with Crippen molar-refractivity contribution in [1.29, 1.82) is 0 Å². The molecule has 1 aliphatic rings. The van der Waals surface area contributed by atoms with Gasteiger partial charge in [0.25, 0.3) is 0 Å². The molecule has 0 aromatic carbocycles. The van der Waals surface area contributed by atoms with E-state index in [4.69, 9.17) is 0 Å². The van der Waals surface area contributed by atoms with Gasteiger partial charge in [-0.3, -0.25) is 4.99 Å². The molecule has 0 atom stereocenters. The number of aryl methyl sites for hydroxylation is 1. The van der Waals surface area contributed by atoms with Gasteiger partial charge in [0.05, 0.1) is 11.4 Å². The minimum absolute atomic E-state index is 0.852. The fourth-order valence-corrected chi connectivity index (χ4v) is 1.17. The van der Waals surface area contributed by atoms with E-state index in [-0.39, 0.29) is 0 Å². The monoisotopic (exact) mass is 147 g/mol. The fourth-order valence-electron chi connectivity index (χ4n) is 1.17. The van der Waals surface area contributed by atoms with Gasteiger partial charge in [-0.25, -0.2) is 0 Å². The third-order valence-corrected chi connectivity index (χ3v) is 1.73. The Hall–Kier alpha value is -1.25. The SMILES string of the molecule is Cc1cc2c(nn1)CCN=C2. The predicted molar refractivity (Wildman–Crippen MR) is 42.9 cm³/mol. The lowest BCUT2D eigenvalue weighted by Crippen LogP contribution is -2.07. The highest BCUT2D eigenvalue weighted by Crippen LogP contribution is 2.08. The minimum atomic E-state index is 0.852. The fraction of sp³-hybridized carbons (Fsp3) is 0.375. The average Bonchev–Trinajstić information content (AvgIpc) is 2.04. The molecular weight excluding hydrogens is 138 g/mol. The van der Waals surface area contributed by atoms with Crippen molar-refractivity contribution >= 4 is 6.21 Å². The zero-order chi connectivity index (χ0) is 7.68. The summed E-state index contributed by atoms with van der Waals surface area (Å²) < 4.78 is 0. The van der Waals surface area contributed by atoms with Crippen LogP contribution in [0.5, 0.6) is 0 Å². The van der Waals surface area contributed by atoms with Crippen molar-refractivity contribution in [2.45, 2.75) is 13.3 Å². The second kappa shape index (κ2) is 2.42. The number of aromatic nitrogens is 2. The first-order chi connectivity index (χ1) is 5.36. The summed E-state index contributed by atoms with van der Waals surface area (Å²) in [6.07, 6.45) is 2.81. The highest BCUT2D eigenvalue weighted by Gasteiger charge is 2.06. The largest absolute Gasteiger partial charge is 0.292 e. The lowest BCUT2D eigenvalue weighted by atomic mass is 10.1. The van der Waals surface area contributed by atoms with Crippen LogP contribution >= 0.6 is 0 Å². The summed E-state index contributed by atoms with van der Waals surface area (Å²) in [4.78, 5) is 4.17. The Balaban J connectivity index is 2.54. The van der Waals surface area contributed by atoms with Gasteiger partial charge in [-0.05, 0) is 13.0 Å². The van der Waals surface area contributed by atoms with Crippen molar-refractivity contribution in [3.63, 3.8) is 0 Å². The van der Waals surface area contributed by atoms with Crippen LogP contribution in [0.3, 0.4) is 0 Å². The molecule has 3 heteroatoms. The van der Waals surface area contributed by atoms with Crippen LogP contribution < -0.4 is 0 Å². The first-order valence-corrected chi connectivity index (χ1v) is 3.69. The molecule has 1 aromatic rings. The van der Waals surface area contributed by atoms with Crippen molar-refractivity contribution in [3.05, 3.63) is 23.0 Å². The van der Waals surface area contributed by atoms with Crippen molar-refractivity contribution in [1.82, 2.24) is 10.2 Å². The smallest absolute Gasteiger partial charge is 0.0737 e. The molecule has 56 valence electrons. The Morgan fingerprint density at radius 1 is 1.36 bits per heavy atom. The minimum Gasteiger partial charge on any atom is -0.292 e. The van der Waals surface area contributed by atoms with Gasteiger partial charge in [-0.2, -0.15) is 10.2 Å². The summed E-state index contributed by atoms with van der Waals surface area (Å²) in [5, 5.41) is 8.06. The number of aliphatic imine (C=N–C) groups is 1. The van der Waals surface area contributed by atoms with Crippen molar-refractivity contribution in [2.24, 2.45) is 4.99 Å². The van der Waals surface area contributed by atoms with Crippen molar-refractivity contribution in [3.8, 4) is 0 Å². The zero-order valence-corrected chi connectivity index (χ0v) is 6.41. The lowest BCUT2D eigenvalue weighted by Gasteiger charge is -2.06. The van der Waals surface area contributed by atoms with Crippen LogP contribution in [0, 0.1) is 6.92 Å². The molecule has 0 fully saturated rings. The van der Waals surface area contributed by atoms with Crippen LogP contribution in [0.2, 0.25) is 0 Å². The van der Waals surface area contributed by atoms with Crippen LogP contribution in [0.4, 0.5) is 0 Å². The summed E-state index contributed by atoms with van der Waals surface area (Å²) >= 11 is 0. The molecule has 0 saturated heterocycles. The summed E-state index contributed by atoms with van der Waals surface area (Å²) in [6.45, 7) is 2.79. The number of hydrogen-bond donors (Lipinski definition) is 0. The molecular formula is C8H9N3. The molecule has 0 N–H and O–H groups in total. The second-order valence-corrected chi connectivity index (χ2v) is 2.67. The normalized spacial score (nSPS) is 14.6. The molecule has 0 bridgehead atoms. The maximum Gasteiger partial charge on any atom is 0.0737 e. The third-order valence-electron chi connectivity index (χ3n) is 1.73. The van der Waals surface area contributed by atoms with Crippen molar-refractivity contribution < 1.29 is 0 Å². The zero-order valence-electron chi connectivity index (χ0n) is 6.41. The van der Waals surface area contributed by atoms with Gasteiger partial charge in [-0.15, -0.1) is 0 Å². The highest BCUT2D eigenvalue weighted by molar-refractivity contribution is 5.81. The van der Waals surface area contributed by atoms with Crippen LogP contribution in [0.1, 0.15) is 17.0 Å². The summed E-state index contributed by atoms with van der Waals surface area (Å²) in [5.41, 5.74) is 3.16. The van der Waals surface area contributed by atoms with Gasteiger partial charge in [0.15, 0.2) is 0 Å². The molecule has 3 nitrogen and oxygen atoms in total. The Morgan fingerprint density at radius 2 is 2.27 bits per heavy atom. The van der Waals surface area contributed by atoms with E-state index in [9.17, 15) is 0 Å². The molecule has 11 heavy (non-hydrogen) atoms. The lowest BCUT2D eigenvalue weighted by molar-refractivity contribution is 0.837. The Morgan fingerprint density at radius 3 is 3.18 bits per heavy atom. The Kier molecular flexibility index (Phi) is 1.42. The molecule has 2 rings (SSSR count). The maximum atomic E-state index is 4.17. The van der Waals surface area contributed by atoms with E-state index in [0.29, 0.717) is 0 Å². The summed E-state index contributed by atoms with van der Waals surface area (Å²) in [7, 11) is 0. The topological polar surface area (TPSA) is 38.1 Å². The molecule has 0 amide bonds. The quantitative estimate of drug-likeness (QED) is 0.543. The molecule has 2 heterocycles. The molecule has 0 saturated carbocycles. The van der Waals surface area contributed by atoms with Crippen LogP contribution in [0.25, 0.3) is 0 Å². The molecule has 0 radical (unpaired) electrons. The van der Waals surface area contributed by atoms with Crippen LogP contribution in [0.15, 0.2) is 11.1 Å². The Bertz CT molecular complexity index is 304. The third kappa shape index (κ3) is 1.13. The van der Waals surface area contributed by atoms with Crippen molar-refractivity contribution in [2.75, 3.05) is 6.54 Å². The number of nitrogens with zero attached hydrogens (tertiary/aromatic N) is 3. The van der Waals surface area contributed by atoms with Crippen LogP contribution in [-0.2, 0) is 6.42 Å². The van der Waals surface area contributed by atoms with E-state index < -0.39 is 0 Å². The number of fused-ring (bicyclic) bond motifs is 1. The van der Waals surface area contributed by atoms with E-state index in [1.165, 1.54) is 0 Å². The number of hydrogen-bond acceptors (Lipinski definition) is 3.